The second-order valence-electron chi connectivity index (χ2n) is 12.1. The van der Waals surface area contributed by atoms with Crippen LogP contribution >= 0.6 is 0 Å². The summed E-state index contributed by atoms with van der Waals surface area (Å²) in [6, 6.07) is -1.25. The predicted octanol–water partition coefficient (Wildman–Crippen LogP) is 3.31. The molecule has 0 aromatic heterocycles. The summed E-state index contributed by atoms with van der Waals surface area (Å²) in [5.41, 5.74) is -1.69. The van der Waals surface area contributed by atoms with Crippen molar-refractivity contribution in [2.24, 2.45) is 23.7 Å². The minimum Gasteiger partial charge on any atom is -0.448 e. The molecule has 0 aromatic rings. The molecule has 2 amide bonds. The third-order valence-corrected chi connectivity index (χ3v) is 8.02. The molecule has 202 valence electrons. The van der Waals surface area contributed by atoms with Crippen molar-refractivity contribution in [2.75, 3.05) is 19.8 Å². The van der Waals surface area contributed by atoms with Crippen LogP contribution < -0.4 is 0 Å². The molecule has 0 spiro atoms. The zero-order valence-corrected chi connectivity index (χ0v) is 22.3. The van der Waals surface area contributed by atoms with Crippen LogP contribution in [0.3, 0.4) is 0 Å². The number of rotatable bonds is 7. The summed E-state index contributed by atoms with van der Waals surface area (Å²) in [7, 11) is 0. The number of cyclic esters (lactones) is 1. The van der Waals surface area contributed by atoms with E-state index in [9.17, 15) is 19.8 Å². The highest BCUT2D eigenvalue weighted by atomic mass is 16.6. The molecule has 4 aliphatic rings. The zero-order chi connectivity index (χ0) is 26.4. The van der Waals surface area contributed by atoms with Crippen molar-refractivity contribution in [3.63, 3.8) is 0 Å². The molecule has 2 N–H and O–H groups in total. The van der Waals surface area contributed by atoms with Crippen molar-refractivity contribution in [2.45, 2.75) is 90.0 Å². The second-order valence-corrected chi connectivity index (χ2v) is 12.1. The molecule has 4 rings (SSSR count). The van der Waals surface area contributed by atoms with E-state index in [1.807, 2.05) is 12.2 Å². The quantitative estimate of drug-likeness (QED) is 0.545. The minimum atomic E-state index is -1.08. The van der Waals surface area contributed by atoms with E-state index in [4.69, 9.17) is 14.2 Å². The first kappa shape index (κ1) is 26.9. The summed E-state index contributed by atoms with van der Waals surface area (Å²) >= 11 is 0. The summed E-state index contributed by atoms with van der Waals surface area (Å²) in [5, 5.41) is 23.5. The Bertz CT molecular complexity index is 895. The molecule has 2 heterocycles. The first-order chi connectivity index (χ1) is 16.8. The van der Waals surface area contributed by atoms with Crippen LogP contribution in [-0.4, -0.2) is 87.6 Å². The Morgan fingerprint density at radius 3 is 2.56 bits per heavy atom. The van der Waals surface area contributed by atoms with Gasteiger partial charge in [0.1, 0.15) is 17.9 Å². The van der Waals surface area contributed by atoms with Crippen molar-refractivity contribution in [3.8, 4) is 0 Å². The Kier molecular flexibility index (Phi) is 7.48. The molecule has 5 unspecified atom stereocenters. The third kappa shape index (κ3) is 5.43. The average molecular weight is 507 g/mol. The highest BCUT2D eigenvalue weighted by molar-refractivity contribution is 5.70. The van der Waals surface area contributed by atoms with Gasteiger partial charge in [0.25, 0.3) is 0 Å². The lowest BCUT2D eigenvalue weighted by Crippen LogP contribution is -2.58. The van der Waals surface area contributed by atoms with E-state index in [2.05, 4.69) is 12.2 Å². The van der Waals surface area contributed by atoms with Crippen LogP contribution in [0.4, 0.5) is 9.59 Å². The van der Waals surface area contributed by atoms with E-state index in [0.717, 1.165) is 12.8 Å². The van der Waals surface area contributed by atoms with Crippen LogP contribution in [0.5, 0.6) is 0 Å². The van der Waals surface area contributed by atoms with Crippen LogP contribution in [0.15, 0.2) is 24.3 Å². The Labute approximate surface area is 214 Å². The Morgan fingerprint density at radius 2 is 1.97 bits per heavy atom. The summed E-state index contributed by atoms with van der Waals surface area (Å²) in [5.74, 6) is 0.127. The summed E-state index contributed by atoms with van der Waals surface area (Å²) < 4.78 is 16.7. The van der Waals surface area contributed by atoms with E-state index < -0.39 is 53.7 Å². The van der Waals surface area contributed by atoms with E-state index in [0.29, 0.717) is 18.4 Å². The number of amides is 2. The number of allylic oxidation sites excluding steroid dienone is 4. The predicted molar refractivity (Wildman–Crippen MR) is 133 cm³/mol. The molecule has 0 aromatic carbocycles. The van der Waals surface area contributed by atoms with Crippen LogP contribution in [0.25, 0.3) is 0 Å². The average Bonchev–Trinajstić information content (AvgIpc) is 3.33. The summed E-state index contributed by atoms with van der Waals surface area (Å²) in [6.07, 6.45) is 7.10. The molecule has 2 saturated heterocycles. The van der Waals surface area contributed by atoms with E-state index in [1.165, 1.54) is 9.80 Å². The molecule has 2 aliphatic carbocycles. The highest BCUT2D eigenvalue weighted by Gasteiger charge is 2.57. The lowest BCUT2D eigenvalue weighted by atomic mass is 9.80. The lowest BCUT2D eigenvalue weighted by molar-refractivity contribution is -0.0849. The standard InChI is InChI=1S/C27H42N2O7/c1-16(28-12-13-34-24(28)32)22(30)21(19-14-18(19)17-10-8-7-9-11-17)23(31)20-15-35-27(5,6)29(20)25(33)36-26(2,3)4/h7-10,16-23,30-31H,11-15H2,1-6H3/t16?,17?,18?,19?,20-,21+,22?,23+/m1/s1. The fourth-order valence-corrected chi connectivity index (χ4v) is 6.08. The van der Waals surface area contributed by atoms with Gasteiger partial charge in [-0.25, -0.2) is 9.59 Å². The number of hydrogen-bond donors (Lipinski definition) is 2. The van der Waals surface area contributed by atoms with Gasteiger partial charge in [0.2, 0.25) is 0 Å². The normalized spacial score (nSPS) is 32.7. The molecule has 36 heavy (non-hydrogen) atoms. The van der Waals surface area contributed by atoms with Crippen LogP contribution in [-0.2, 0) is 14.2 Å². The van der Waals surface area contributed by atoms with Crippen LogP contribution in [0.2, 0.25) is 0 Å². The van der Waals surface area contributed by atoms with Gasteiger partial charge in [0.15, 0.2) is 0 Å². The van der Waals surface area contributed by atoms with Gasteiger partial charge in [-0.2, -0.15) is 0 Å². The number of hydrogen-bond acceptors (Lipinski definition) is 7. The Hall–Kier alpha value is -2.10. The number of carbonyl (C=O) groups excluding carboxylic acids is 2. The highest BCUT2D eigenvalue weighted by Crippen LogP contribution is 2.54. The van der Waals surface area contributed by atoms with Gasteiger partial charge in [0.05, 0.1) is 37.4 Å². The number of ether oxygens (including phenoxy) is 3. The van der Waals surface area contributed by atoms with Crippen LogP contribution in [0, 0.1) is 23.7 Å². The topological polar surface area (TPSA) is 109 Å². The van der Waals surface area contributed by atoms with Crippen LogP contribution in [0.1, 0.15) is 54.4 Å². The Morgan fingerprint density at radius 1 is 1.25 bits per heavy atom. The van der Waals surface area contributed by atoms with E-state index in [-0.39, 0.29) is 19.1 Å². The Balaban J connectivity index is 1.60. The van der Waals surface area contributed by atoms with Crippen molar-refractivity contribution < 1.29 is 34.0 Å². The largest absolute Gasteiger partial charge is 0.448 e. The van der Waals surface area contributed by atoms with Gasteiger partial charge >= 0.3 is 12.2 Å². The maximum atomic E-state index is 13.2. The van der Waals surface area contributed by atoms with Gasteiger partial charge in [-0.05, 0) is 72.1 Å². The number of nitrogens with zero attached hydrogens (tertiary/aromatic N) is 2. The summed E-state index contributed by atoms with van der Waals surface area (Å²) in [4.78, 5) is 28.5. The van der Waals surface area contributed by atoms with Gasteiger partial charge in [-0.1, -0.05) is 24.3 Å². The summed E-state index contributed by atoms with van der Waals surface area (Å²) in [6.45, 7) is 11.5. The van der Waals surface area contributed by atoms with Gasteiger partial charge in [0, 0.05) is 5.92 Å². The molecule has 0 radical (unpaired) electrons. The fraction of sp³-hybridized carbons (Fsp3) is 0.778. The monoisotopic (exact) mass is 506 g/mol. The van der Waals surface area contributed by atoms with Crippen molar-refractivity contribution in [1.82, 2.24) is 9.80 Å². The smallest absolute Gasteiger partial charge is 0.412 e. The lowest BCUT2D eigenvalue weighted by Gasteiger charge is -2.41. The van der Waals surface area contributed by atoms with Gasteiger partial charge in [-0.3, -0.25) is 9.80 Å². The molecule has 9 heteroatoms. The van der Waals surface area contributed by atoms with Crippen molar-refractivity contribution in [1.29, 1.82) is 0 Å². The second kappa shape index (κ2) is 9.99. The number of aliphatic hydroxyl groups is 2. The van der Waals surface area contributed by atoms with E-state index >= 15 is 0 Å². The molecule has 9 nitrogen and oxygen atoms in total. The first-order valence-corrected chi connectivity index (χ1v) is 13.1. The van der Waals surface area contributed by atoms with E-state index in [1.54, 1.807) is 41.5 Å². The molecule has 8 atom stereocenters. The SMILES string of the molecule is CC(C(O)[C@H](C1CC1C1C=CC=CC1)[C@@H](O)[C@H]1COC(C)(C)N1C(=O)OC(C)(C)C)N1CCOC1=O. The molecule has 2 aliphatic heterocycles. The van der Waals surface area contributed by atoms with Gasteiger partial charge < -0.3 is 24.4 Å². The molecule has 1 saturated carbocycles. The molecular weight excluding hydrogens is 464 g/mol. The third-order valence-electron chi connectivity index (χ3n) is 8.02. The van der Waals surface area contributed by atoms with Gasteiger partial charge in [-0.15, -0.1) is 0 Å². The molecule has 3 fully saturated rings. The van der Waals surface area contributed by atoms with Crippen molar-refractivity contribution >= 4 is 12.2 Å². The zero-order valence-electron chi connectivity index (χ0n) is 22.3. The number of carbonyl (C=O) groups is 2. The van der Waals surface area contributed by atoms with Crippen molar-refractivity contribution in [3.05, 3.63) is 24.3 Å². The molecule has 0 bridgehead atoms. The minimum absolute atomic E-state index is 0.0430. The molecular formula is C27H42N2O7. The maximum Gasteiger partial charge on any atom is 0.412 e. The first-order valence-electron chi connectivity index (χ1n) is 13.1. The number of aliphatic hydroxyl groups excluding tert-OH is 2. The fourth-order valence-electron chi connectivity index (χ4n) is 6.08. The maximum absolute atomic E-state index is 13.2.